The van der Waals surface area contributed by atoms with Crippen molar-refractivity contribution >= 4 is 11.7 Å². The van der Waals surface area contributed by atoms with Crippen LogP contribution in [0, 0.1) is 6.92 Å². The highest BCUT2D eigenvalue weighted by molar-refractivity contribution is 5.83. The summed E-state index contributed by atoms with van der Waals surface area (Å²) in [7, 11) is 0. The van der Waals surface area contributed by atoms with Crippen molar-refractivity contribution in [3.05, 3.63) is 18.1 Å². The van der Waals surface area contributed by atoms with E-state index in [1.807, 2.05) is 17.9 Å². The Bertz CT molecular complexity index is 462. The second-order valence-electron chi connectivity index (χ2n) is 5.16. The maximum Gasteiger partial charge on any atom is 0.241 e. The third-order valence-corrected chi connectivity index (χ3v) is 3.53. The quantitative estimate of drug-likeness (QED) is 0.841. The molecule has 1 aliphatic heterocycles. The van der Waals surface area contributed by atoms with Crippen molar-refractivity contribution in [1.82, 2.24) is 14.9 Å². The van der Waals surface area contributed by atoms with Crippen LogP contribution in [0.25, 0.3) is 0 Å². The van der Waals surface area contributed by atoms with Gasteiger partial charge in [0.05, 0.1) is 0 Å². The van der Waals surface area contributed by atoms with E-state index in [4.69, 9.17) is 5.73 Å². The zero-order valence-corrected chi connectivity index (χ0v) is 11.7. The van der Waals surface area contributed by atoms with Crippen LogP contribution in [0.5, 0.6) is 0 Å². The number of hydrogen-bond acceptors (Lipinski definition) is 5. The smallest absolute Gasteiger partial charge is 0.241 e. The Morgan fingerprint density at radius 2 is 2.21 bits per heavy atom. The zero-order chi connectivity index (χ0) is 14.0. The van der Waals surface area contributed by atoms with E-state index in [1.54, 1.807) is 6.20 Å². The molecule has 1 saturated heterocycles. The van der Waals surface area contributed by atoms with E-state index in [-0.39, 0.29) is 11.9 Å². The number of rotatable bonds is 3. The molecular formula is C13H21N5O. The summed E-state index contributed by atoms with van der Waals surface area (Å²) in [6.45, 7) is 8.40. The summed E-state index contributed by atoms with van der Waals surface area (Å²) in [5, 5.41) is 0. The number of carbonyl (C=O) groups excluding carboxylic acids is 1. The Kier molecular flexibility index (Phi) is 3.99. The Labute approximate surface area is 113 Å². The minimum atomic E-state index is -0.328. The Balaban J connectivity index is 2.23. The van der Waals surface area contributed by atoms with Crippen LogP contribution in [0.4, 0.5) is 5.82 Å². The number of carbonyl (C=O) groups is 1. The third kappa shape index (κ3) is 3.01. The summed E-state index contributed by atoms with van der Waals surface area (Å²) in [5.41, 5.74) is 5.54. The minimum Gasteiger partial charge on any atom is -0.368 e. The lowest BCUT2D eigenvalue weighted by molar-refractivity contribution is -0.120. The lowest BCUT2D eigenvalue weighted by Crippen LogP contribution is -2.59. The van der Waals surface area contributed by atoms with Crippen LogP contribution in [0.15, 0.2) is 12.3 Å². The number of nitrogens with zero attached hydrogens (tertiary/aromatic N) is 4. The summed E-state index contributed by atoms with van der Waals surface area (Å²) in [4.78, 5) is 24.4. The van der Waals surface area contributed by atoms with E-state index in [0.717, 1.165) is 18.9 Å². The molecule has 1 atom stereocenters. The second-order valence-corrected chi connectivity index (χ2v) is 5.16. The van der Waals surface area contributed by atoms with Gasteiger partial charge in [0.1, 0.15) is 17.7 Å². The Hall–Kier alpha value is -1.69. The highest BCUT2D eigenvalue weighted by Gasteiger charge is 2.32. The molecule has 2 heterocycles. The lowest BCUT2D eigenvalue weighted by atomic mass is 10.1. The molecule has 1 fully saturated rings. The first kappa shape index (κ1) is 13.7. The second kappa shape index (κ2) is 5.52. The van der Waals surface area contributed by atoms with E-state index in [9.17, 15) is 4.79 Å². The molecular weight excluding hydrogens is 242 g/mol. The molecule has 1 unspecified atom stereocenters. The largest absolute Gasteiger partial charge is 0.368 e. The number of piperazine rings is 1. The van der Waals surface area contributed by atoms with Crippen LogP contribution >= 0.6 is 0 Å². The number of aromatic nitrogens is 2. The van der Waals surface area contributed by atoms with Crippen LogP contribution in [-0.4, -0.2) is 52.5 Å². The predicted molar refractivity (Wildman–Crippen MR) is 73.8 cm³/mol. The summed E-state index contributed by atoms with van der Waals surface area (Å²) in [6.07, 6.45) is 1.71. The Morgan fingerprint density at radius 1 is 1.47 bits per heavy atom. The lowest BCUT2D eigenvalue weighted by Gasteiger charge is -2.42. The molecule has 0 bridgehead atoms. The molecule has 1 aromatic rings. The van der Waals surface area contributed by atoms with Gasteiger partial charge in [0.15, 0.2) is 0 Å². The third-order valence-electron chi connectivity index (χ3n) is 3.53. The highest BCUT2D eigenvalue weighted by Crippen LogP contribution is 2.19. The molecule has 1 amide bonds. The molecule has 0 radical (unpaired) electrons. The fourth-order valence-corrected chi connectivity index (χ4v) is 2.39. The molecule has 6 heteroatoms. The number of primary amides is 1. The first-order chi connectivity index (χ1) is 8.99. The molecule has 104 valence electrons. The minimum absolute atomic E-state index is 0.304. The van der Waals surface area contributed by atoms with E-state index in [2.05, 4.69) is 28.7 Å². The summed E-state index contributed by atoms with van der Waals surface area (Å²) in [5.74, 6) is 1.17. The average molecular weight is 263 g/mol. The molecule has 6 nitrogen and oxygen atoms in total. The fourth-order valence-electron chi connectivity index (χ4n) is 2.39. The van der Waals surface area contributed by atoms with Gasteiger partial charge in [0.2, 0.25) is 5.91 Å². The molecule has 1 aromatic heterocycles. The van der Waals surface area contributed by atoms with Crippen LogP contribution in [-0.2, 0) is 4.79 Å². The van der Waals surface area contributed by atoms with Gasteiger partial charge < -0.3 is 10.6 Å². The van der Waals surface area contributed by atoms with Gasteiger partial charge in [-0.05, 0) is 26.8 Å². The van der Waals surface area contributed by atoms with Gasteiger partial charge in [-0.25, -0.2) is 9.97 Å². The van der Waals surface area contributed by atoms with E-state index >= 15 is 0 Å². The van der Waals surface area contributed by atoms with E-state index < -0.39 is 0 Å². The SMILES string of the molecule is Cc1nccc(N2CCN(C(C)C)CC2C(N)=O)n1. The van der Waals surface area contributed by atoms with Crippen molar-refractivity contribution in [3.63, 3.8) is 0 Å². The highest BCUT2D eigenvalue weighted by atomic mass is 16.1. The van der Waals surface area contributed by atoms with Crippen molar-refractivity contribution in [2.45, 2.75) is 32.9 Å². The number of nitrogens with two attached hydrogens (primary N) is 1. The molecule has 2 rings (SSSR count). The van der Waals surface area contributed by atoms with Gasteiger partial charge in [0.25, 0.3) is 0 Å². The number of amides is 1. The molecule has 2 N–H and O–H groups in total. The van der Waals surface area contributed by atoms with Gasteiger partial charge in [-0.15, -0.1) is 0 Å². The molecule has 1 aliphatic rings. The number of aryl methyl sites for hydroxylation is 1. The van der Waals surface area contributed by atoms with Crippen molar-refractivity contribution in [2.24, 2.45) is 5.73 Å². The fraction of sp³-hybridized carbons (Fsp3) is 0.615. The molecule has 0 spiro atoms. The van der Waals surface area contributed by atoms with Crippen molar-refractivity contribution < 1.29 is 4.79 Å². The summed E-state index contributed by atoms with van der Waals surface area (Å²) >= 11 is 0. The van der Waals surface area contributed by atoms with Crippen LogP contribution in [0.2, 0.25) is 0 Å². The standard InChI is InChI=1S/C13H21N5O/c1-9(2)17-6-7-18(11(8-17)13(14)19)12-4-5-15-10(3)16-12/h4-5,9,11H,6-8H2,1-3H3,(H2,14,19). The predicted octanol–water partition coefficient (Wildman–Crippen LogP) is 0.169. The van der Waals surface area contributed by atoms with Crippen molar-refractivity contribution in [2.75, 3.05) is 24.5 Å². The topological polar surface area (TPSA) is 75.3 Å². The van der Waals surface area contributed by atoms with Crippen LogP contribution in [0.1, 0.15) is 19.7 Å². The van der Waals surface area contributed by atoms with Gasteiger partial charge in [0, 0.05) is 31.9 Å². The maximum atomic E-state index is 11.7. The summed E-state index contributed by atoms with van der Waals surface area (Å²) < 4.78 is 0. The molecule has 19 heavy (non-hydrogen) atoms. The molecule has 0 aromatic carbocycles. The zero-order valence-electron chi connectivity index (χ0n) is 11.7. The Morgan fingerprint density at radius 3 is 2.79 bits per heavy atom. The van der Waals surface area contributed by atoms with Gasteiger partial charge in [-0.2, -0.15) is 0 Å². The normalized spacial score (nSPS) is 20.8. The van der Waals surface area contributed by atoms with Gasteiger partial charge >= 0.3 is 0 Å². The van der Waals surface area contributed by atoms with Gasteiger partial charge in [-0.1, -0.05) is 0 Å². The number of anilines is 1. The average Bonchev–Trinajstić information content (AvgIpc) is 2.37. The monoisotopic (exact) mass is 263 g/mol. The number of hydrogen-bond donors (Lipinski definition) is 1. The summed E-state index contributed by atoms with van der Waals surface area (Å²) in [6, 6.07) is 1.91. The van der Waals surface area contributed by atoms with Crippen molar-refractivity contribution in [1.29, 1.82) is 0 Å². The van der Waals surface area contributed by atoms with Crippen molar-refractivity contribution in [3.8, 4) is 0 Å². The van der Waals surface area contributed by atoms with E-state index in [1.165, 1.54) is 0 Å². The first-order valence-corrected chi connectivity index (χ1v) is 6.58. The maximum absolute atomic E-state index is 11.7. The molecule has 0 aliphatic carbocycles. The van der Waals surface area contributed by atoms with Gasteiger partial charge in [-0.3, -0.25) is 9.69 Å². The van der Waals surface area contributed by atoms with E-state index in [0.29, 0.717) is 18.4 Å². The molecule has 0 saturated carbocycles. The van der Waals surface area contributed by atoms with Crippen LogP contribution in [0.3, 0.4) is 0 Å². The van der Waals surface area contributed by atoms with Crippen LogP contribution < -0.4 is 10.6 Å². The first-order valence-electron chi connectivity index (χ1n) is 6.58.